The van der Waals surface area contributed by atoms with E-state index in [1.807, 2.05) is 0 Å². The smallest absolute Gasteiger partial charge is 0.0763 e. The van der Waals surface area contributed by atoms with Gasteiger partial charge in [-0.25, -0.2) is 0 Å². The van der Waals surface area contributed by atoms with E-state index in [0.717, 1.165) is 19.3 Å². The van der Waals surface area contributed by atoms with Crippen LogP contribution in [0.1, 0.15) is 30.9 Å². The zero-order valence-corrected chi connectivity index (χ0v) is 13.5. The van der Waals surface area contributed by atoms with Crippen LogP contribution in [0.15, 0.2) is 24.3 Å². The first-order valence-corrected chi connectivity index (χ1v) is 8.96. The van der Waals surface area contributed by atoms with Gasteiger partial charge in [-0.05, 0) is 37.3 Å². The van der Waals surface area contributed by atoms with E-state index in [1.54, 1.807) is 0 Å². The summed E-state index contributed by atoms with van der Waals surface area (Å²) in [4.78, 5) is 0. The summed E-state index contributed by atoms with van der Waals surface area (Å²) in [6.07, 6.45) is 3.65. The van der Waals surface area contributed by atoms with Gasteiger partial charge in [0.2, 0.25) is 0 Å². The Kier molecular flexibility index (Phi) is 8.54. The third kappa shape index (κ3) is 6.23. The molecule has 0 spiro atoms. The van der Waals surface area contributed by atoms with E-state index in [2.05, 4.69) is 49.6 Å². The fourth-order valence-corrected chi connectivity index (χ4v) is 2.33. The van der Waals surface area contributed by atoms with Gasteiger partial charge in [-0.15, -0.1) is 0 Å². The second kappa shape index (κ2) is 9.37. The summed E-state index contributed by atoms with van der Waals surface area (Å²) in [6, 6.07) is 8.51. The number of rotatable bonds is 8. The fraction of sp³-hybridized carbons (Fsp3) is 0.500. The van der Waals surface area contributed by atoms with Crippen molar-refractivity contribution in [1.29, 1.82) is 0 Å². The maximum absolute atomic E-state index is 5.47. The molecule has 0 saturated heterocycles. The predicted molar refractivity (Wildman–Crippen MR) is 82.5 cm³/mol. The molecule has 0 fully saturated rings. The average molecular weight is 290 g/mol. The summed E-state index contributed by atoms with van der Waals surface area (Å²) in [5, 5.41) is 0. The topological polar surface area (TPSA) is 18.5 Å². The summed E-state index contributed by atoms with van der Waals surface area (Å²) in [7, 11) is 5.41. The Morgan fingerprint density at radius 3 is 2.65 bits per heavy atom. The Hall–Kier alpha value is 0.430. The third-order valence-corrected chi connectivity index (χ3v) is 3.99. The van der Waals surface area contributed by atoms with E-state index in [1.165, 1.54) is 11.1 Å². The van der Waals surface area contributed by atoms with E-state index in [0.29, 0.717) is 21.2 Å². The van der Waals surface area contributed by atoms with Crippen molar-refractivity contribution in [3.8, 4) is 0 Å². The van der Waals surface area contributed by atoms with E-state index in [4.69, 9.17) is 9.05 Å². The maximum atomic E-state index is 5.47. The summed E-state index contributed by atoms with van der Waals surface area (Å²) < 4.78 is 10.6. The molecule has 0 amide bonds. The van der Waals surface area contributed by atoms with Gasteiger partial charge >= 0.3 is 0 Å². The highest BCUT2D eigenvalue weighted by atomic mass is 32.0. The zero-order valence-electron chi connectivity index (χ0n) is 10.2. The summed E-state index contributed by atoms with van der Waals surface area (Å²) in [5.41, 5.74) is 2.70. The third-order valence-electron chi connectivity index (χ3n) is 2.72. The Balaban J connectivity index is 2.45. The standard InChI is InChI=1S/C12H21O2P3/c1-10(14-15)5-4-8-11-6-2-3-7-12(11)9-13-17-16/h2-3,6-7,10,17H,4-5,8-9,15-16H2,1H3. The van der Waals surface area contributed by atoms with E-state index in [9.17, 15) is 0 Å². The fourth-order valence-electron chi connectivity index (χ4n) is 1.71. The molecule has 0 heterocycles. The van der Waals surface area contributed by atoms with Crippen molar-refractivity contribution in [2.75, 3.05) is 0 Å². The van der Waals surface area contributed by atoms with Crippen molar-refractivity contribution in [2.24, 2.45) is 0 Å². The van der Waals surface area contributed by atoms with E-state index < -0.39 is 0 Å². The van der Waals surface area contributed by atoms with Crippen LogP contribution >= 0.6 is 26.9 Å². The van der Waals surface area contributed by atoms with Gasteiger partial charge in [0.05, 0.1) is 12.7 Å². The second-order valence-corrected chi connectivity index (χ2v) is 5.52. The molecule has 0 aromatic heterocycles. The van der Waals surface area contributed by atoms with Crippen LogP contribution in [0.4, 0.5) is 0 Å². The monoisotopic (exact) mass is 290 g/mol. The average Bonchev–Trinajstić information content (AvgIpc) is 2.37. The van der Waals surface area contributed by atoms with Gasteiger partial charge in [0.15, 0.2) is 0 Å². The highest BCUT2D eigenvalue weighted by Gasteiger charge is 2.04. The first-order valence-electron chi connectivity index (χ1n) is 5.77. The molecule has 2 nitrogen and oxygen atoms in total. The summed E-state index contributed by atoms with van der Waals surface area (Å²) in [5.74, 6) is 0. The molecule has 1 aromatic carbocycles. The van der Waals surface area contributed by atoms with Crippen molar-refractivity contribution in [2.45, 2.75) is 38.9 Å². The second-order valence-electron chi connectivity index (χ2n) is 4.01. The molecule has 0 bridgehead atoms. The van der Waals surface area contributed by atoms with Crippen molar-refractivity contribution in [3.63, 3.8) is 0 Å². The molecule has 4 unspecified atom stereocenters. The molecule has 0 radical (unpaired) electrons. The number of aryl methyl sites for hydroxylation is 1. The number of benzene rings is 1. The molecule has 4 atom stereocenters. The van der Waals surface area contributed by atoms with Crippen LogP contribution in [0, 0.1) is 0 Å². The van der Waals surface area contributed by atoms with Crippen molar-refractivity contribution >= 4 is 26.9 Å². The SMILES string of the molecule is CC(CCCc1ccccc1COPP)OP. The van der Waals surface area contributed by atoms with Crippen molar-refractivity contribution in [1.82, 2.24) is 0 Å². The maximum Gasteiger partial charge on any atom is 0.0763 e. The Bertz CT molecular complexity index is 320. The highest BCUT2D eigenvalue weighted by Crippen LogP contribution is 2.24. The molecule has 5 heteroatoms. The van der Waals surface area contributed by atoms with Crippen molar-refractivity contribution in [3.05, 3.63) is 35.4 Å². The minimum Gasteiger partial charge on any atom is -0.363 e. The quantitative estimate of drug-likeness (QED) is 0.671. The minimum atomic E-state index is 0.317. The molecule has 0 aliphatic rings. The first kappa shape index (κ1) is 15.5. The van der Waals surface area contributed by atoms with Crippen LogP contribution in [-0.4, -0.2) is 6.10 Å². The predicted octanol–water partition coefficient (Wildman–Crippen LogP) is 4.10. The Morgan fingerprint density at radius 1 is 1.29 bits per heavy atom. The molecule has 0 saturated carbocycles. The van der Waals surface area contributed by atoms with Gasteiger partial charge < -0.3 is 9.05 Å². The molecule has 0 aliphatic heterocycles. The van der Waals surface area contributed by atoms with E-state index in [-0.39, 0.29) is 0 Å². The van der Waals surface area contributed by atoms with Crippen LogP contribution in [0.3, 0.4) is 0 Å². The molecule has 1 aromatic rings. The zero-order chi connectivity index (χ0) is 12.5. The highest BCUT2D eigenvalue weighted by molar-refractivity contribution is 8.00. The van der Waals surface area contributed by atoms with Crippen LogP contribution in [0.5, 0.6) is 0 Å². The first-order chi connectivity index (χ1) is 8.27. The lowest BCUT2D eigenvalue weighted by Gasteiger charge is -2.11. The lowest BCUT2D eigenvalue weighted by Crippen LogP contribution is -2.02. The summed E-state index contributed by atoms with van der Waals surface area (Å²) in [6.45, 7) is 2.81. The minimum absolute atomic E-state index is 0.317. The normalized spacial score (nSPS) is 13.4. The lowest BCUT2D eigenvalue weighted by atomic mass is 10.0. The molecule has 0 aliphatic carbocycles. The molecule has 0 N–H and O–H groups in total. The van der Waals surface area contributed by atoms with Crippen LogP contribution in [-0.2, 0) is 22.1 Å². The van der Waals surface area contributed by atoms with Gasteiger partial charge in [0, 0.05) is 18.0 Å². The van der Waals surface area contributed by atoms with Gasteiger partial charge in [0.1, 0.15) is 0 Å². The largest absolute Gasteiger partial charge is 0.363 e. The van der Waals surface area contributed by atoms with Gasteiger partial charge in [-0.3, -0.25) is 0 Å². The van der Waals surface area contributed by atoms with Gasteiger partial charge in [0.25, 0.3) is 0 Å². The molecular weight excluding hydrogens is 269 g/mol. The van der Waals surface area contributed by atoms with Crippen LogP contribution in [0.25, 0.3) is 0 Å². The molecule has 1 rings (SSSR count). The lowest BCUT2D eigenvalue weighted by molar-refractivity contribution is 0.245. The molecule has 96 valence electrons. The Morgan fingerprint density at radius 2 is 2.00 bits per heavy atom. The van der Waals surface area contributed by atoms with Crippen LogP contribution < -0.4 is 0 Å². The Labute approximate surface area is 110 Å². The molecule has 17 heavy (non-hydrogen) atoms. The number of hydrogen-bond donors (Lipinski definition) is 0. The molecular formula is C12H21O2P3. The van der Waals surface area contributed by atoms with Gasteiger partial charge in [-0.1, -0.05) is 33.2 Å². The number of hydrogen-bond acceptors (Lipinski definition) is 2. The summed E-state index contributed by atoms with van der Waals surface area (Å²) >= 11 is 0. The van der Waals surface area contributed by atoms with Crippen LogP contribution in [0.2, 0.25) is 0 Å². The van der Waals surface area contributed by atoms with Crippen molar-refractivity contribution < 1.29 is 9.05 Å². The van der Waals surface area contributed by atoms with E-state index >= 15 is 0 Å². The van der Waals surface area contributed by atoms with Gasteiger partial charge in [-0.2, -0.15) is 0 Å².